The number of carbonyl (C=O) groups excluding carboxylic acids is 1. The molecule has 0 saturated heterocycles. The van der Waals surface area contributed by atoms with Gasteiger partial charge in [0.15, 0.2) is 5.16 Å². The zero-order valence-electron chi connectivity index (χ0n) is 11.0. The smallest absolute Gasteiger partial charge is 0.233 e. The van der Waals surface area contributed by atoms with Gasteiger partial charge < -0.3 is 10.6 Å². The van der Waals surface area contributed by atoms with E-state index in [1.807, 2.05) is 6.07 Å². The average Bonchev–Trinajstić information content (AvgIpc) is 2.44. The van der Waals surface area contributed by atoms with Crippen molar-refractivity contribution in [3.63, 3.8) is 0 Å². The van der Waals surface area contributed by atoms with Crippen molar-refractivity contribution in [3.8, 4) is 6.07 Å². The Morgan fingerprint density at radius 3 is 2.65 bits per heavy atom. The molecule has 0 aliphatic heterocycles. The van der Waals surface area contributed by atoms with Crippen molar-refractivity contribution in [2.75, 3.05) is 24.6 Å². The van der Waals surface area contributed by atoms with Crippen molar-refractivity contribution in [2.45, 2.75) is 5.16 Å². The lowest BCUT2D eigenvalue weighted by molar-refractivity contribution is -0.127. The molecule has 6 nitrogen and oxygen atoms in total. The van der Waals surface area contributed by atoms with Gasteiger partial charge in [0.2, 0.25) is 5.91 Å². The third-order valence-electron chi connectivity index (χ3n) is 2.29. The quantitative estimate of drug-likeness (QED) is 0.460. The van der Waals surface area contributed by atoms with Gasteiger partial charge in [-0.25, -0.2) is 9.97 Å². The van der Waals surface area contributed by atoms with E-state index in [2.05, 4.69) is 23.1 Å². The van der Waals surface area contributed by atoms with Crippen molar-refractivity contribution in [1.82, 2.24) is 14.9 Å². The first kappa shape index (κ1) is 15.7. The Hall–Kier alpha value is -2.33. The third kappa shape index (κ3) is 4.40. The molecule has 0 radical (unpaired) electrons. The van der Waals surface area contributed by atoms with Gasteiger partial charge in [-0.05, 0) is 0 Å². The second-order valence-electron chi connectivity index (χ2n) is 3.73. The molecule has 0 aliphatic carbocycles. The fourth-order valence-electron chi connectivity index (χ4n) is 1.34. The number of carbonyl (C=O) groups is 1. The maximum atomic E-state index is 12.0. The molecule has 1 amide bonds. The summed E-state index contributed by atoms with van der Waals surface area (Å²) in [6.07, 6.45) is 4.66. The van der Waals surface area contributed by atoms with E-state index >= 15 is 0 Å². The van der Waals surface area contributed by atoms with Crippen molar-refractivity contribution < 1.29 is 4.79 Å². The maximum absolute atomic E-state index is 12.0. The zero-order valence-corrected chi connectivity index (χ0v) is 11.8. The zero-order chi connectivity index (χ0) is 15.0. The number of amides is 1. The molecule has 1 rings (SSSR count). The van der Waals surface area contributed by atoms with Crippen LogP contribution in [0.5, 0.6) is 0 Å². The molecule has 0 fully saturated rings. The van der Waals surface area contributed by atoms with E-state index in [1.54, 1.807) is 17.1 Å². The van der Waals surface area contributed by atoms with Crippen molar-refractivity contribution in [2.24, 2.45) is 0 Å². The molecule has 0 unspecified atom stereocenters. The van der Waals surface area contributed by atoms with Gasteiger partial charge in [-0.1, -0.05) is 23.9 Å². The van der Waals surface area contributed by atoms with Crippen LogP contribution < -0.4 is 5.73 Å². The number of hydrogen-bond donors (Lipinski definition) is 1. The van der Waals surface area contributed by atoms with Crippen LogP contribution in [0.1, 0.15) is 5.56 Å². The Morgan fingerprint density at radius 1 is 1.50 bits per heavy atom. The summed E-state index contributed by atoms with van der Waals surface area (Å²) in [5, 5.41) is 9.09. The molecular weight excluding hydrogens is 274 g/mol. The van der Waals surface area contributed by atoms with Crippen molar-refractivity contribution in [1.29, 1.82) is 5.26 Å². The predicted octanol–water partition coefficient (Wildman–Crippen LogP) is 1.22. The van der Waals surface area contributed by atoms with Crippen LogP contribution in [-0.2, 0) is 4.79 Å². The lowest BCUT2D eigenvalue weighted by atomic mass is 10.3. The van der Waals surface area contributed by atoms with Crippen LogP contribution in [0.3, 0.4) is 0 Å². The minimum absolute atomic E-state index is 0.0682. The number of nitrogens with zero attached hydrogens (tertiary/aromatic N) is 4. The summed E-state index contributed by atoms with van der Waals surface area (Å²) >= 11 is 1.17. The van der Waals surface area contributed by atoms with Crippen LogP contribution in [0.4, 0.5) is 5.82 Å². The molecule has 0 spiro atoms. The maximum Gasteiger partial charge on any atom is 0.233 e. The Labute approximate surface area is 122 Å². The molecule has 0 aromatic carbocycles. The van der Waals surface area contributed by atoms with Crippen LogP contribution >= 0.6 is 11.8 Å². The fraction of sp³-hybridized carbons (Fsp3) is 0.231. The molecule has 1 heterocycles. The van der Waals surface area contributed by atoms with Gasteiger partial charge in [0, 0.05) is 13.1 Å². The Bertz CT molecular complexity index is 542. The Kier molecular flexibility index (Phi) is 6.26. The highest BCUT2D eigenvalue weighted by Crippen LogP contribution is 2.16. The van der Waals surface area contributed by atoms with Gasteiger partial charge in [-0.2, -0.15) is 5.26 Å². The second kappa shape index (κ2) is 7.96. The van der Waals surface area contributed by atoms with Gasteiger partial charge in [0.25, 0.3) is 0 Å². The van der Waals surface area contributed by atoms with E-state index in [-0.39, 0.29) is 23.0 Å². The van der Waals surface area contributed by atoms with Gasteiger partial charge in [0.05, 0.1) is 11.9 Å². The van der Waals surface area contributed by atoms with Crippen molar-refractivity contribution in [3.05, 3.63) is 37.1 Å². The molecule has 7 heteroatoms. The van der Waals surface area contributed by atoms with Crippen LogP contribution in [0, 0.1) is 11.3 Å². The first-order valence-electron chi connectivity index (χ1n) is 5.77. The number of anilines is 1. The molecular formula is C13H15N5OS. The highest BCUT2D eigenvalue weighted by molar-refractivity contribution is 7.99. The number of hydrogen-bond acceptors (Lipinski definition) is 6. The minimum atomic E-state index is -0.0682. The van der Waals surface area contributed by atoms with E-state index in [4.69, 9.17) is 11.0 Å². The predicted molar refractivity (Wildman–Crippen MR) is 78.9 cm³/mol. The summed E-state index contributed by atoms with van der Waals surface area (Å²) in [6.45, 7) is 8.13. The van der Waals surface area contributed by atoms with Gasteiger partial charge >= 0.3 is 0 Å². The number of rotatable bonds is 7. The average molecular weight is 289 g/mol. The number of aromatic nitrogens is 2. The lowest BCUT2D eigenvalue weighted by Crippen LogP contribution is -2.32. The molecule has 0 atom stereocenters. The standard InChI is InChI=1S/C13H15N5OS/c1-3-5-18(6-4-2)11(19)9-20-13-16-8-10(7-14)12(15)17-13/h3-4,8H,1-2,5-6,9H2,(H2,15,16,17). The molecule has 1 aromatic heterocycles. The number of nitrogen functional groups attached to an aromatic ring is 1. The Balaban J connectivity index is 2.64. The normalized spacial score (nSPS) is 9.55. The van der Waals surface area contributed by atoms with Crippen molar-refractivity contribution >= 4 is 23.5 Å². The van der Waals surface area contributed by atoms with E-state index in [0.29, 0.717) is 18.2 Å². The van der Waals surface area contributed by atoms with E-state index in [0.717, 1.165) is 0 Å². The molecule has 0 saturated carbocycles. The van der Waals surface area contributed by atoms with E-state index in [9.17, 15) is 4.79 Å². The third-order valence-corrected chi connectivity index (χ3v) is 3.14. The lowest BCUT2D eigenvalue weighted by Gasteiger charge is -2.18. The summed E-state index contributed by atoms with van der Waals surface area (Å²) in [7, 11) is 0. The van der Waals surface area contributed by atoms with Crippen LogP contribution in [0.2, 0.25) is 0 Å². The van der Waals surface area contributed by atoms with Crippen LogP contribution in [0.25, 0.3) is 0 Å². The highest BCUT2D eigenvalue weighted by atomic mass is 32.2. The fourth-order valence-corrected chi connectivity index (χ4v) is 2.07. The minimum Gasteiger partial charge on any atom is -0.382 e. The topological polar surface area (TPSA) is 95.9 Å². The van der Waals surface area contributed by atoms with Gasteiger partial charge in [-0.3, -0.25) is 4.79 Å². The molecule has 1 aromatic rings. The van der Waals surface area contributed by atoms with Gasteiger partial charge in [0.1, 0.15) is 17.5 Å². The number of nitriles is 1. The number of nitrogens with two attached hydrogens (primary N) is 1. The summed E-state index contributed by atoms with van der Waals surface area (Å²) in [6, 6.07) is 1.88. The number of thioether (sulfide) groups is 1. The molecule has 20 heavy (non-hydrogen) atoms. The van der Waals surface area contributed by atoms with Crippen LogP contribution in [0.15, 0.2) is 36.7 Å². The second-order valence-corrected chi connectivity index (χ2v) is 4.67. The van der Waals surface area contributed by atoms with E-state index in [1.165, 1.54) is 18.0 Å². The first-order valence-corrected chi connectivity index (χ1v) is 6.76. The van der Waals surface area contributed by atoms with Gasteiger partial charge in [-0.15, -0.1) is 13.2 Å². The summed E-state index contributed by atoms with van der Waals surface area (Å²) in [5.41, 5.74) is 5.81. The summed E-state index contributed by atoms with van der Waals surface area (Å²) in [5.74, 6) is 0.236. The summed E-state index contributed by atoms with van der Waals surface area (Å²) < 4.78 is 0. The molecule has 104 valence electrons. The Morgan fingerprint density at radius 2 is 2.15 bits per heavy atom. The molecule has 0 bridgehead atoms. The monoisotopic (exact) mass is 289 g/mol. The SMILES string of the molecule is C=CCN(CC=C)C(=O)CSc1ncc(C#N)c(N)n1. The molecule has 0 aliphatic rings. The molecule has 2 N–H and O–H groups in total. The highest BCUT2D eigenvalue weighted by Gasteiger charge is 2.12. The van der Waals surface area contributed by atoms with Crippen LogP contribution in [-0.4, -0.2) is 39.6 Å². The largest absolute Gasteiger partial charge is 0.382 e. The first-order chi connectivity index (χ1) is 9.62. The van der Waals surface area contributed by atoms with E-state index < -0.39 is 0 Å². The summed E-state index contributed by atoms with van der Waals surface area (Å²) in [4.78, 5) is 21.5.